The molecule has 0 unspecified atom stereocenters. The first kappa shape index (κ1) is 9.77. The Morgan fingerprint density at radius 2 is 2.08 bits per heavy atom. The third-order valence-electron chi connectivity index (χ3n) is 1.81. The maximum Gasteiger partial charge on any atom is 0.287 e. The summed E-state index contributed by atoms with van der Waals surface area (Å²) in [6.07, 6.45) is 3.06. The number of hydrogen-bond acceptors (Lipinski definition) is 2. The summed E-state index contributed by atoms with van der Waals surface area (Å²) in [6, 6.07) is 0. The van der Waals surface area contributed by atoms with Crippen molar-refractivity contribution in [3.05, 3.63) is 23.0 Å². The van der Waals surface area contributed by atoms with Gasteiger partial charge >= 0.3 is 0 Å². The minimum absolute atomic E-state index is 0.162. The van der Waals surface area contributed by atoms with Crippen LogP contribution in [0.2, 0.25) is 0 Å². The van der Waals surface area contributed by atoms with E-state index in [-0.39, 0.29) is 5.41 Å². The van der Waals surface area contributed by atoms with Crippen LogP contribution in [0.4, 0.5) is 0 Å². The Kier molecular flexibility index (Phi) is 2.40. The quantitative estimate of drug-likeness (QED) is 0.666. The topological polar surface area (TPSA) is 48.0 Å². The third-order valence-corrected chi connectivity index (χ3v) is 1.81. The molecule has 0 fully saturated rings. The summed E-state index contributed by atoms with van der Waals surface area (Å²) < 4.78 is 5.71. The summed E-state index contributed by atoms with van der Waals surface area (Å²) in [6.45, 7) is 5.95. The number of methoxy groups -OCH3 is 1. The number of aromatic nitrogens is 2. The second kappa shape index (κ2) is 3.20. The smallest absolute Gasteiger partial charge is 0.287 e. The van der Waals surface area contributed by atoms with Crippen LogP contribution in [-0.2, 0) is 5.41 Å². The molecule has 1 aromatic rings. The fourth-order valence-corrected chi connectivity index (χ4v) is 1.08. The molecule has 0 saturated carbocycles. The number of ether oxygens (including phenoxy) is 1. The molecule has 13 heavy (non-hydrogen) atoms. The Hall–Kier alpha value is -1.32. The van der Waals surface area contributed by atoms with Gasteiger partial charge in [-0.15, -0.1) is 0 Å². The summed E-state index contributed by atoms with van der Waals surface area (Å²) >= 11 is 0. The minimum atomic E-state index is -0.162. The zero-order valence-electron chi connectivity index (χ0n) is 8.42. The van der Waals surface area contributed by atoms with E-state index in [4.69, 9.17) is 4.74 Å². The number of H-pyrrole nitrogens is 1. The largest absolute Gasteiger partial charge is 0.478 e. The zero-order chi connectivity index (χ0) is 10.1. The summed E-state index contributed by atoms with van der Waals surface area (Å²) in [5, 5.41) is 0. The summed E-state index contributed by atoms with van der Waals surface area (Å²) in [5.41, 5.74) is 0.526. The Balaban J connectivity index is 3.21. The van der Waals surface area contributed by atoms with Gasteiger partial charge in [0.1, 0.15) is 0 Å². The van der Waals surface area contributed by atoms with Crippen LogP contribution in [0.5, 0.6) is 5.88 Å². The van der Waals surface area contributed by atoms with Crippen LogP contribution < -0.4 is 9.16 Å². The normalized spacial score (nSPS) is 11.4. The van der Waals surface area contributed by atoms with Gasteiger partial charge in [0, 0.05) is 4.91 Å². The first-order valence-electron chi connectivity index (χ1n) is 4.14. The Labute approximate surface area is 77.2 Å². The van der Waals surface area contributed by atoms with E-state index in [1.165, 1.54) is 13.3 Å². The van der Waals surface area contributed by atoms with Gasteiger partial charge in [-0.1, -0.05) is 0 Å². The van der Waals surface area contributed by atoms with Crippen molar-refractivity contribution in [3.8, 4) is 5.88 Å². The van der Waals surface area contributed by atoms with Gasteiger partial charge in [-0.3, -0.25) is 0 Å². The molecule has 4 nitrogen and oxygen atoms in total. The zero-order valence-corrected chi connectivity index (χ0v) is 8.42. The average molecular weight is 183 g/mol. The molecule has 0 aliphatic rings. The van der Waals surface area contributed by atoms with Gasteiger partial charge in [0.2, 0.25) is 0 Å². The van der Waals surface area contributed by atoms with Crippen molar-refractivity contribution in [1.82, 2.24) is 4.98 Å². The highest BCUT2D eigenvalue weighted by atomic mass is 16.5. The van der Waals surface area contributed by atoms with Crippen LogP contribution >= 0.6 is 0 Å². The van der Waals surface area contributed by atoms with E-state index in [9.17, 15) is 4.91 Å². The van der Waals surface area contributed by atoms with Crippen molar-refractivity contribution in [2.45, 2.75) is 26.2 Å². The molecule has 0 saturated heterocycles. The average Bonchev–Trinajstić information content (AvgIpc) is 2.01. The van der Waals surface area contributed by atoms with Gasteiger partial charge in [-0.2, -0.15) is 0 Å². The molecular formula is C9H15N2O2+. The molecule has 1 aromatic heterocycles. The van der Waals surface area contributed by atoms with Crippen LogP contribution in [0.3, 0.4) is 0 Å². The van der Waals surface area contributed by atoms with E-state index in [0.29, 0.717) is 11.6 Å². The molecule has 0 aliphatic heterocycles. The van der Waals surface area contributed by atoms with E-state index >= 15 is 0 Å². The summed E-state index contributed by atoms with van der Waals surface area (Å²) in [5.74, 6) is 0.461. The fraction of sp³-hybridized carbons (Fsp3) is 0.556. The number of hydrogen-bond donors (Lipinski definition) is 1. The van der Waals surface area contributed by atoms with Crippen LogP contribution in [-0.4, -0.2) is 12.1 Å². The minimum Gasteiger partial charge on any atom is -0.478 e. The second-order valence-electron chi connectivity index (χ2n) is 3.95. The monoisotopic (exact) mass is 183 g/mol. The Morgan fingerprint density at radius 1 is 1.46 bits per heavy atom. The molecule has 1 rings (SSSR count). The first-order chi connectivity index (χ1) is 5.95. The standard InChI is InChI=1S/C9H15N2O2/c1-9(2,3)7-5-10-8(13-4)6-11(7)12/h5-6H,1-4H3,(H,10,12)/q+1. The van der Waals surface area contributed by atoms with Crippen LogP contribution in [0.15, 0.2) is 12.4 Å². The molecule has 0 radical (unpaired) electrons. The number of aromatic amines is 1. The number of nitrogens with one attached hydrogen (secondary N) is 1. The van der Waals surface area contributed by atoms with Crippen LogP contribution in [0.1, 0.15) is 26.5 Å². The van der Waals surface area contributed by atoms with Crippen LogP contribution in [0, 0.1) is 4.91 Å². The molecule has 0 amide bonds. The highest BCUT2D eigenvalue weighted by Crippen LogP contribution is 2.17. The number of nitrogens with zero attached hydrogens (tertiary/aromatic N) is 1. The maximum absolute atomic E-state index is 11.5. The molecule has 1 N–H and O–H groups in total. The molecule has 0 atom stereocenters. The molecule has 0 aromatic carbocycles. The molecule has 0 spiro atoms. The van der Waals surface area contributed by atoms with Crippen molar-refractivity contribution in [1.29, 1.82) is 0 Å². The first-order valence-corrected chi connectivity index (χ1v) is 4.14. The lowest BCUT2D eigenvalue weighted by Crippen LogP contribution is -2.30. The van der Waals surface area contributed by atoms with Gasteiger partial charge in [0.05, 0.1) is 23.1 Å². The van der Waals surface area contributed by atoms with Crippen molar-refractivity contribution in [2.24, 2.45) is 0 Å². The predicted octanol–water partition coefficient (Wildman–Crippen LogP) is 1.24. The van der Waals surface area contributed by atoms with Gasteiger partial charge in [-0.05, 0) is 20.8 Å². The third kappa shape index (κ3) is 2.08. The van der Waals surface area contributed by atoms with E-state index in [0.717, 1.165) is 4.43 Å². The van der Waals surface area contributed by atoms with E-state index < -0.39 is 0 Å². The second-order valence-corrected chi connectivity index (χ2v) is 3.95. The SMILES string of the molecule is COc1c[n+](=O)c(C(C)(C)C)c[nH]1. The molecule has 72 valence electrons. The number of rotatable bonds is 1. The van der Waals surface area contributed by atoms with E-state index in [1.54, 1.807) is 6.20 Å². The fourth-order valence-electron chi connectivity index (χ4n) is 1.08. The lowest BCUT2D eigenvalue weighted by molar-refractivity contribution is -0.511. The van der Waals surface area contributed by atoms with Crippen LogP contribution in [0.25, 0.3) is 0 Å². The predicted molar refractivity (Wildman–Crippen MR) is 49.4 cm³/mol. The molecule has 4 heteroatoms. The Bertz CT molecular complexity index is 349. The Morgan fingerprint density at radius 3 is 2.46 bits per heavy atom. The van der Waals surface area contributed by atoms with Crippen molar-refractivity contribution < 1.29 is 9.16 Å². The van der Waals surface area contributed by atoms with E-state index in [1.807, 2.05) is 20.8 Å². The molecule has 0 bridgehead atoms. The molecular weight excluding hydrogens is 168 g/mol. The lowest BCUT2D eigenvalue weighted by atomic mass is 9.93. The maximum atomic E-state index is 11.5. The van der Waals surface area contributed by atoms with Crippen molar-refractivity contribution in [2.75, 3.05) is 7.11 Å². The van der Waals surface area contributed by atoms with Gasteiger partial charge in [-0.25, -0.2) is 0 Å². The van der Waals surface area contributed by atoms with Gasteiger partial charge in [0.25, 0.3) is 17.8 Å². The summed E-state index contributed by atoms with van der Waals surface area (Å²) in [4.78, 5) is 14.4. The highest BCUT2D eigenvalue weighted by Gasteiger charge is 2.25. The lowest BCUT2D eigenvalue weighted by Gasteiger charge is -2.10. The molecule has 1 heterocycles. The van der Waals surface area contributed by atoms with Crippen molar-refractivity contribution in [3.63, 3.8) is 0 Å². The van der Waals surface area contributed by atoms with E-state index in [2.05, 4.69) is 4.98 Å². The van der Waals surface area contributed by atoms with Gasteiger partial charge in [0.15, 0.2) is 0 Å². The highest BCUT2D eigenvalue weighted by molar-refractivity contribution is 5.07. The summed E-state index contributed by atoms with van der Waals surface area (Å²) in [7, 11) is 1.52. The van der Waals surface area contributed by atoms with Crippen molar-refractivity contribution >= 4 is 0 Å². The molecule has 0 aliphatic carbocycles. The van der Waals surface area contributed by atoms with Gasteiger partial charge < -0.3 is 9.72 Å².